The molecule has 2 rings (SSSR count). The molecular weight excluding hydrogens is 270 g/mol. The number of hydrogen-bond acceptors (Lipinski definition) is 5. The third-order valence-electron chi connectivity index (χ3n) is 3.67. The van der Waals surface area contributed by atoms with Gasteiger partial charge in [0.1, 0.15) is 12.4 Å². The van der Waals surface area contributed by atoms with Gasteiger partial charge in [0.05, 0.1) is 11.6 Å². The van der Waals surface area contributed by atoms with E-state index in [1.165, 1.54) is 0 Å². The van der Waals surface area contributed by atoms with Gasteiger partial charge in [0.25, 0.3) is 5.91 Å². The number of ether oxygens (including phenoxy) is 1. The van der Waals surface area contributed by atoms with Crippen LogP contribution < -0.4 is 10.5 Å². The van der Waals surface area contributed by atoms with Crippen LogP contribution in [0, 0.1) is 11.3 Å². The fraction of sp³-hybridized carbons (Fsp3) is 0.467. The van der Waals surface area contributed by atoms with E-state index in [2.05, 4.69) is 0 Å². The second-order valence-corrected chi connectivity index (χ2v) is 5.26. The lowest BCUT2D eigenvalue weighted by Crippen LogP contribution is -2.56. The Balaban J connectivity index is 1.80. The minimum absolute atomic E-state index is 0.249. The SMILES string of the molecule is N#Cc1ccc(OCCN2CCC[C@@](O)(C(N)=O)C2)cc1. The van der Waals surface area contributed by atoms with Crippen LogP contribution >= 0.6 is 0 Å². The van der Waals surface area contributed by atoms with Gasteiger partial charge in [-0.1, -0.05) is 0 Å². The molecule has 1 aromatic carbocycles. The number of benzene rings is 1. The highest BCUT2D eigenvalue weighted by molar-refractivity contribution is 5.83. The first-order valence-electron chi connectivity index (χ1n) is 6.91. The molecule has 1 aliphatic heterocycles. The second kappa shape index (κ2) is 6.57. The van der Waals surface area contributed by atoms with Crippen molar-refractivity contribution in [1.29, 1.82) is 5.26 Å². The zero-order chi connectivity index (χ0) is 15.3. The number of nitrogens with two attached hydrogens (primary N) is 1. The van der Waals surface area contributed by atoms with Crippen LogP contribution in [0.25, 0.3) is 0 Å². The summed E-state index contributed by atoms with van der Waals surface area (Å²) in [4.78, 5) is 13.2. The molecule has 1 aliphatic rings. The summed E-state index contributed by atoms with van der Waals surface area (Å²) < 4.78 is 5.59. The van der Waals surface area contributed by atoms with Crippen molar-refractivity contribution < 1.29 is 14.6 Å². The Morgan fingerprint density at radius 1 is 1.48 bits per heavy atom. The number of rotatable bonds is 5. The number of likely N-dealkylation sites (tertiary alicyclic amines) is 1. The van der Waals surface area contributed by atoms with Gasteiger partial charge in [-0.05, 0) is 43.7 Å². The van der Waals surface area contributed by atoms with Crippen LogP contribution in [0.2, 0.25) is 0 Å². The predicted molar refractivity (Wildman–Crippen MR) is 76.5 cm³/mol. The van der Waals surface area contributed by atoms with E-state index in [9.17, 15) is 9.90 Å². The molecule has 1 heterocycles. The van der Waals surface area contributed by atoms with E-state index in [1.54, 1.807) is 24.3 Å². The molecule has 6 heteroatoms. The van der Waals surface area contributed by atoms with Crippen LogP contribution in [0.15, 0.2) is 24.3 Å². The summed E-state index contributed by atoms with van der Waals surface area (Å²) in [6.45, 7) is 2.11. The van der Waals surface area contributed by atoms with Crippen molar-refractivity contribution in [2.45, 2.75) is 18.4 Å². The van der Waals surface area contributed by atoms with Gasteiger partial charge in [0.2, 0.25) is 0 Å². The van der Waals surface area contributed by atoms with E-state index in [4.69, 9.17) is 15.7 Å². The van der Waals surface area contributed by atoms with Crippen LogP contribution in [-0.4, -0.2) is 47.8 Å². The largest absolute Gasteiger partial charge is 0.492 e. The lowest BCUT2D eigenvalue weighted by molar-refractivity contribution is -0.142. The summed E-state index contributed by atoms with van der Waals surface area (Å²) in [7, 11) is 0. The Bertz CT molecular complexity index is 538. The Kier molecular flexibility index (Phi) is 4.78. The highest BCUT2D eigenvalue weighted by Crippen LogP contribution is 2.20. The van der Waals surface area contributed by atoms with Crippen LogP contribution in [-0.2, 0) is 4.79 Å². The third-order valence-corrected chi connectivity index (χ3v) is 3.67. The molecule has 0 spiro atoms. The summed E-state index contributed by atoms with van der Waals surface area (Å²) in [5.41, 5.74) is 4.40. The number of nitrogens with zero attached hydrogens (tertiary/aromatic N) is 2. The Morgan fingerprint density at radius 2 is 2.19 bits per heavy atom. The van der Waals surface area contributed by atoms with Gasteiger partial charge in [0, 0.05) is 13.1 Å². The summed E-state index contributed by atoms with van der Waals surface area (Å²) in [6.07, 6.45) is 1.14. The van der Waals surface area contributed by atoms with E-state index in [1.807, 2.05) is 11.0 Å². The van der Waals surface area contributed by atoms with Gasteiger partial charge in [-0.25, -0.2) is 0 Å². The van der Waals surface area contributed by atoms with Crippen molar-refractivity contribution in [2.24, 2.45) is 5.73 Å². The summed E-state index contributed by atoms with van der Waals surface area (Å²) in [5, 5.41) is 18.8. The number of primary amides is 1. The number of aliphatic hydroxyl groups is 1. The fourth-order valence-corrected chi connectivity index (χ4v) is 2.43. The number of carbonyl (C=O) groups excluding carboxylic acids is 1. The second-order valence-electron chi connectivity index (χ2n) is 5.26. The molecule has 0 unspecified atom stereocenters. The molecule has 1 aromatic rings. The van der Waals surface area contributed by atoms with Gasteiger partial charge in [-0.2, -0.15) is 5.26 Å². The van der Waals surface area contributed by atoms with E-state index in [-0.39, 0.29) is 6.54 Å². The molecule has 21 heavy (non-hydrogen) atoms. The molecule has 1 saturated heterocycles. The maximum absolute atomic E-state index is 11.3. The van der Waals surface area contributed by atoms with Gasteiger partial charge in [-0.3, -0.25) is 9.69 Å². The number of amides is 1. The zero-order valence-electron chi connectivity index (χ0n) is 11.8. The first-order valence-corrected chi connectivity index (χ1v) is 6.91. The lowest BCUT2D eigenvalue weighted by Gasteiger charge is -2.36. The number of nitriles is 1. The third kappa shape index (κ3) is 3.94. The molecule has 6 nitrogen and oxygen atoms in total. The minimum Gasteiger partial charge on any atom is -0.492 e. The maximum Gasteiger partial charge on any atom is 0.250 e. The topological polar surface area (TPSA) is 99.6 Å². The maximum atomic E-state index is 11.3. The molecule has 0 aliphatic carbocycles. The number of carbonyl (C=O) groups is 1. The number of hydrogen-bond donors (Lipinski definition) is 2. The van der Waals surface area contributed by atoms with Gasteiger partial charge in [-0.15, -0.1) is 0 Å². The molecule has 0 radical (unpaired) electrons. The van der Waals surface area contributed by atoms with E-state index in [0.717, 1.165) is 13.0 Å². The standard InChI is InChI=1S/C15H19N3O3/c16-10-12-2-4-13(5-3-12)21-9-8-18-7-1-6-15(20,11-18)14(17)19/h2-5,20H,1,6-9,11H2,(H2,17,19)/t15-/m0/s1. The monoisotopic (exact) mass is 289 g/mol. The molecule has 1 fully saturated rings. The summed E-state index contributed by atoms with van der Waals surface area (Å²) in [6, 6.07) is 8.93. The summed E-state index contributed by atoms with van der Waals surface area (Å²) in [5.74, 6) is 0.0244. The first-order chi connectivity index (χ1) is 10.0. The average molecular weight is 289 g/mol. The Hall–Kier alpha value is -2.10. The minimum atomic E-state index is -1.42. The molecule has 0 saturated carbocycles. The van der Waals surface area contributed by atoms with E-state index >= 15 is 0 Å². The van der Waals surface area contributed by atoms with Crippen LogP contribution in [0.5, 0.6) is 5.75 Å². The van der Waals surface area contributed by atoms with Gasteiger partial charge in [0.15, 0.2) is 5.60 Å². The molecular formula is C15H19N3O3. The number of β-amino-alcohol motifs (C(OH)–C–C–N with tert-alkyl or cyclic N) is 1. The first kappa shape index (κ1) is 15.3. The zero-order valence-corrected chi connectivity index (χ0v) is 11.8. The van der Waals surface area contributed by atoms with Gasteiger partial charge >= 0.3 is 0 Å². The average Bonchev–Trinajstić information content (AvgIpc) is 2.48. The Morgan fingerprint density at radius 3 is 2.81 bits per heavy atom. The molecule has 112 valence electrons. The van der Waals surface area contributed by atoms with Crippen molar-refractivity contribution >= 4 is 5.91 Å². The van der Waals surface area contributed by atoms with E-state index < -0.39 is 11.5 Å². The van der Waals surface area contributed by atoms with Gasteiger partial charge < -0.3 is 15.6 Å². The van der Waals surface area contributed by atoms with Crippen molar-refractivity contribution in [2.75, 3.05) is 26.2 Å². The normalized spacial score (nSPS) is 22.5. The van der Waals surface area contributed by atoms with E-state index in [0.29, 0.717) is 30.9 Å². The van der Waals surface area contributed by atoms with Crippen LogP contribution in [0.1, 0.15) is 18.4 Å². The van der Waals surface area contributed by atoms with Crippen LogP contribution in [0.3, 0.4) is 0 Å². The number of piperidine rings is 1. The lowest BCUT2D eigenvalue weighted by atomic mass is 9.92. The molecule has 0 bridgehead atoms. The van der Waals surface area contributed by atoms with Crippen LogP contribution in [0.4, 0.5) is 0 Å². The fourth-order valence-electron chi connectivity index (χ4n) is 2.43. The highest BCUT2D eigenvalue weighted by atomic mass is 16.5. The molecule has 1 atom stereocenters. The van der Waals surface area contributed by atoms with Crippen molar-refractivity contribution in [1.82, 2.24) is 4.90 Å². The van der Waals surface area contributed by atoms with Crippen molar-refractivity contribution in [3.8, 4) is 11.8 Å². The predicted octanol–water partition coefficient (Wildman–Crippen LogP) is 0.249. The molecule has 0 aromatic heterocycles. The van der Waals surface area contributed by atoms with Crippen molar-refractivity contribution in [3.63, 3.8) is 0 Å². The highest BCUT2D eigenvalue weighted by Gasteiger charge is 2.38. The summed E-state index contributed by atoms with van der Waals surface area (Å²) >= 11 is 0. The smallest absolute Gasteiger partial charge is 0.250 e. The molecule has 3 N–H and O–H groups in total. The Labute approximate surface area is 123 Å². The van der Waals surface area contributed by atoms with Crippen molar-refractivity contribution in [3.05, 3.63) is 29.8 Å². The molecule has 1 amide bonds. The quantitative estimate of drug-likeness (QED) is 0.809.